The van der Waals surface area contributed by atoms with Crippen LogP contribution in [0.15, 0.2) is 30.3 Å². The molecule has 0 spiro atoms. The first-order valence-corrected chi connectivity index (χ1v) is 5.50. The lowest BCUT2D eigenvalue weighted by Crippen LogP contribution is -2.42. The SMILES string of the molecule is C=O.CCC(N)(CC)CO.Oc1ccccc1. The third-order valence-electron chi connectivity index (χ3n) is 2.48. The molecule has 0 aliphatic carbocycles. The van der Waals surface area contributed by atoms with Crippen molar-refractivity contribution < 1.29 is 15.0 Å². The number of phenolic OH excluding ortho intramolecular Hbond substituents is 1. The fourth-order valence-corrected chi connectivity index (χ4v) is 0.902. The molecule has 0 amide bonds. The van der Waals surface area contributed by atoms with Crippen LogP contribution in [-0.2, 0) is 4.79 Å². The molecule has 1 aromatic rings. The van der Waals surface area contributed by atoms with Gasteiger partial charge in [0.25, 0.3) is 0 Å². The van der Waals surface area contributed by atoms with Crippen molar-refractivity contribution in [3.8, 4) is 5.75 Å². The van der Waals surface area contributed by atoms with Crippen molar-refractivity contribution in [2.75, 3.05) is 6.61 Å². The van der Waals surface area contributed by atoms with Crippen molar-refractivity contribution in [3.05, 3.63) is 30.3 Å². The average molecular weight is 241 g/mol. The number of carbonyl (C=O) groups is 1. The number of hydrogen-bond donors (Lipinski definition) is 3. The molecule has 1 rings (SSSR count). The van der Waals surface area contributed by atoms with Gasteiger partial charge in [-0.2, -0.15) is 0 Å². The number of rotatable bonds is 3. The van der Waals surface area contributed by atoms with E-state index in [1.165, 1.54) is 0 Å². The number of nitrogens with two attached hydrogens (primary N) is 1. The van der Waals surface area contributed by atoms with Crippen molar-refractivity contribution in [3.63, 3.8) is 0 Å². The van der Waals surface area contributed by atoms with Gasteiger partial charge in [0.1, 0.15) is 12.5 Å². The molecule has 4 nitrogen and oxygen atoms in total. The van der Waals surface area contributed by atoms with Gasteiger partial charge in [-0.3, -0.25) is 0 Å². The van der Waals surface area contributed by atoms with E-state index in [1.54, 1.807) is 24.3 Å². The molecule has 0 atom stereocenters. The van der Waals surface area contributed by atoms with Crippen LogP contribution in [0.2, 0.25) is 0 Å². The Morgan fingerprint density at radius 1 is 1.18 bits per heavy atom. The zero-order valence-corrected chi connectivity index (χ0v) is 10.6. The third kappa shape index (κ3) is 9.53. The Kier molecular flexibility index (Phi) is 11.8. The van der Waals surface area contributed by atoms with E-state index in [0.717, 1.165) is 12.8 Å². The van der Waals surface area contributed by atoms with E-state index in [9.17, 15) is 0 Å². The molecule has 0 fully saturated rings. The van der Waals surface area contributed by atoms with Gasteiger partial charge in [0, 0.05) is 5.54 Å². The molecule has 0 aliphatic rings. The van der Waals surface area contributed by atoms with Crippen LogP contribution in [0.1, 0.15) is 26.7 Å². The van der Waals surface area contributed by atoms with Crippen LogP contribution in [0.5, 0.6) is 5.75 Å². The first-order chi connectivity index (χ1) is 8.08. The van der Waals surface area contributed by atoms with Crippen molar-refractivity contribution in [1.82, 2.24) is 0 Å². The summed E-state index contributed by atoms with van der Waals surface area (Å²) in [7, 11) is 0. The second kappa shape index (κ2) is 11.1. The summed E-state index contributed by atoms with van der Waals surface area (Å²) in [6.45, 7) is 6.07. The van der Waals surface area contributed by atoms with Gasteiger partial charge in [-0.1, -0.05) is 32.0 Å². The Morgan fingerprint density at radius 3 is 1.71 bits per heavy atom. The lowest BCUT2D eigenvalue weighted by atomic mass is 9.96. The minimum absolute atomic E-state index is 0.0972. The van der Waals surface area contributed by atoms with E-state index in [4.69, 9.17) is 20.7 Å². The molecule has 0 radical (unpaired) electrons. The van der Waals surface area contributed by atoms with Crippen molar-refractivity contribution in [1.29, 1.82) is 0 Å². The lowest BCUT2D eigenvalue weighted by molar-refractivity contribution is -0.0979. The van der Waals surface area contributed by atoms with Gasteiger partial charge in [-0.25, -0.2) is 0 Å². The van der Waals surface area contributed by atoms with Gasteiger partial charge in [0.2, 0.25) is 0 Å². The van der Waals surface area contributed by atoms with Gasteiger partial charge in [-0.05, 0) is 25.0 Å². The Balaban J connectivity index is 0. The molecule has 0 saturated heterocycles. The number of carbonyl (C=O) groups excluding carboxylic acids is 1. The summed E-state index contributed by atoms with van der Waals surface area (Å²) in [4.78, 5) is 8.00. The summed E-state index contributed by atoms with van der Waals surface area (Å²) >= 11 is 0. The highest BCUT2D eigenvalue weighted by Crippen LogP contribution is 2.08. The highest BCUT2D eigenvalue weighted by Gasteiger charge is 2.17. The van der Waals surface area contributed by atoms with Gasteiger partial charge < -0.3 is 20.7 Å². The standard InChI is InChI=1S/C6H15NO.C6H6O.CH2O/c1-3-6(7,4-2)5-8;7-6-4-2-1-3-5-6;1-2/h8H,3-5,7H2,1-2H3;1-5,7H;1H2. The Hall–Kier alpha value is -1.39. The van der Waals surface area contributed by atoms with Crippen LogP contribution < -0.4 is 5.73 Å². The maximum Gasteiger partial charge on any atom is 0.115 e. The summed E-state index contributed by atoms with van der Waals surface area (Å²) in [5.74, 6) is 0.322. The summed E-state index contributed by atoms with van der Waals surface area (Å²) in [6.07, 6.45) is 1.69. The van der Waals surface area contributed by atoms with Crippen molar-refractivity contribution in [2.24, 2.45) is 5.73 Å². The Morgan fingerprint density at radius 2 is 1.59 bits per heavy atom. The van der Waals surface area contributed by atoms with Gasteiger partial charge in [0.05, 0.1) is 6.61 Å². The molecular weight excluding hydrogens is 218 g/mol. The smallest absolute Gasteiger partial charge is 0.115 e. The lowest BCUT2D eigenvalue weighted by Gasteiger charge is -2.22. The Bertz CT molecular complexity index is 252. The second-order valence-corrected chi connectivity index (χ2v) is 3.56. The quantitative estimate of drug-likeness (QED) is 0.752. The van der Waals surface area contributed by atoms with Gasteiger partial charge in [-0.15, -0.1) is 0 Å². The summed E-state index contributed by atoms with van der Waals surface area (Å²) in [5, 5.41) is 17.3. The van der Waals surface area contributed by atoms with Crippen LogP contribution >= 0.6 is 0 Å². The molecule has 0 heterocycles. The number of aliphatic hydroxyl groups is 1. The normalized spacial score (nSPS) is 9.41. The molecule has 4 heteroatoms. The molecule has 1 aromatic carbocycles. The molecule has 4 N–H and O–H groups in total. The monoisotopic (exact) mass is 241 g/mol. The molecule has 0 unspecified atom stereocenters. The van der Waals surface area contributed by atoms with Crippen LogP contribution in [-0.4, -0.2) is 29.1 Å². The number of aromatic hydroxyl groups is 1. The molecule has 0 bridgehead atoms. The average Bonchev–Trinajstić information content (AvgIpc) is 2.42. The van der Waals surface area contributed by atoms with Crippen molar-refractivity contribution >= 4 is 6.79 Å². The highest BCUT2D eigenvalue weighted by molar-refractivity contribution is 5.18. The van der Waals surface area contributed by atoms with Gasteiger partial charge in [0.15, 0.2) is 0 Å². The number of hydrogen-bond acceptors (Lipinski definition) is 4. The number of benzene rings is 1. The molecule has 17 heavy (non-hydrogen) atoms. The maximum atomic E-state index is 8.66. The number of phenols is 1. The fraction of sp³-hybridized carbons (Fsp3) is 0.462. The predicted molar refractivity (Wildman–Crippen MR) is 69.8 cm³/mol. The number of aliphatic hydroxyl groups excluding tert-OH is 1. The molecular formula is C13H23NO3. The van der Waals surface area contributed by atoms with E-state index < -0.39 is 0 Å². The zero-order chi connectivity index (χ0) is 13.7. The van der Waals surface area contributed by atoms with E-state index in [1.807, 2.05) is 26.7 Å². The molecule has 0 saturated carbocycles. The van der Waals surface area contributed by atoms with Crippen LogP contribution in [0.25, 0.3) is 0 Å². The predicted octanol–water partition coefficient (Wildman–Crippen LogP) is 1.70. The fourth-order valence-electron chi connectivity index (χ4n) is 0.902. The minimum atomic E-state index is -0.319. The minimum Gasteiger partial charge on any atom is -0.508 e. The first kappa shape index (κ1) is 18.0. The van der Waals surface area contributed by atoms with Crippen molar-refractivity contribution in [2.45, 2.75) is 32.2 Å². The van der Waals surface area contributed by atoms with E-state index in [-0.39, 0.29) is 12.1 Å². The largest absolute Gasteiger partial charge is 0.508 e. The molecule has 0 aromatic heterocycles. The van der Waals surface area contributed by atoms with E-state index >= 15 is 0 Å². The van der Waals surface area contributed by atoms with Gasteiger partial charge >= 0.3 is 0 Å². The van der Waals surface area contributed by atoms with E-state index in [0.29, 0.717) is 5.75 Å². The zero-order valence-electron chi connectivity index (χ0n) is 10.6. The first-order valence-electron chi connectivity index (χ1n) is 5.50. The Labute approximate surface area is 103 Å². The van der Waals surface area contributed by atoms with Crippen LogP contribution in [0.4, 0.5) is 0 Å². The maximum absolute atomic E-state index is 8.66. The number of para-hydroxylation sites is 1. The second-order valence-electron chi connectivity index (χ2n) is 3.56. The topological polar surface area (TPSA) is 83.6 Å². The van der Waals surface area contributed by atoms with E-state index in [2.05, 4.69) is 0 Å². The summed E-state index contributed by atoms with van der Waals surface area (Å²) < 4.78 is 0. The van der Waals surface area contributed by atoms with Crippen LogP contribution in [0.3, 0.4) is 0 Å². The summed E-state index contributed by atoms with van der Waals surface area (Å²) in [6, 6.07) is 8.71. The third-order valence-corrected chi connectivity index (χ3v) is 2.48. The highest BCUT2D eigenvalue weighted by atomic mass is 16.3. The summed E-state index contributed by atoms with van der Waals surface area (Å²) in [5.41, 5.74) is 5.33. The molecule has 98 valence electrons. The molecule has 0 aliphatic heterocycles. The van der Waals surface area contributed by atoms with Crippen LogP contribution in [0, 0.1) is 0 Å².